The Kier molecular flexibility index (Phi) is 8.89. The van der Waals surface area contributed by atoms with E-state index in [1.54, 1.807) is 6.07 Å². The van der Waals surface area contributed by atoms with Crippen LogP contribution in [0, 0.1) is 24.2 Å². The molecule has 0 bridgehead atoms. The zero-order valence-corrected chi connectivity index (χ0v) is 23.4. The smallest absolute Gasteiger partial charge is 0.253 e. The van der Waals surface area contributed by atoms with E-state index in [4.69, 9.17) is 4.74 Å². The van der Waals surface area contributed by atoms with Crippen molar-refractivity contribution in [3.63, 3.8) is 0 Å². The van der Waals surface area contributed by atoms with Crippen LogP contribution in [-0.4, -0.2) is 39.5 Å². The second kappa shape index (κ2) is 11.9. The molecule has 37 heavy (non-hydrogen) atoms. The summed E-state index contributed by atoms with van der Waals surface area (Å²) < 4.78 is 23.7. The lowest BCUT2D eigenvalue weighted by Gasteiger charge is -2.25. The second-order valence-corrected chi connectivity index (χ2v) is 12.6. The topological polar surface area (TPSA) is 96.2 Å². The number of amides is 1. The summed E-state index contributed by atoms with van der Waals surface area (Å²) in [5.74, 6) is 0.517. The summed E-state index contributed by atoms with van der Waals surface area (Å²) in [5, 5.41) is 13.1. The Balaban J connectivity index is 1.69. The first-order valence-electron chi connectivity index (χ1n) is 13.5. The molecule has 1 aliphatic carbocycles. The van der Waals surface area contributed by atoms with Gasteiger partial charge in [0, 0.05) is 42.7 Å². The molecule has 1 aromatic carbocycles. The summed E-state index contributed by atoms with van der Waals surface area (Å²) in [6, 6.07) is 9.84. The largest absolute Gasteiger partial charge is 0.381 e. The number of ether oxygens (including phenoxy) is 1. The molecule has 2 N–H and O–H groups in total. The molecule has 1 atom stereocenters. The van der Waals surface area contributed by atoms with E-state index in [0.29, 0.717) is 35.2 Å². The SMILES string of the molecule is Cc1c(C(=O)NC2CCOCC2)cc(-c2ccc(S(=O)NC(C)(C)C)c(C#N)c2)n1CC1CCCCC1. The van der Waals surface area contributed by atoms with Crippen LogP contribution in [0.15, 0.2) is 29.2 Å². The predicted molar refractivity (Wildman–Crippen MR) is 146 cm³/mol. The highest BCUT2D eigenvalue weighted by molar-refractivity contribution is 7.83. The van der Waals surface area contributed by atoms with Gasteiger partial charge in [0.2, 0.25) is 0 Å². The van der Waals surface area contributed by atoms with Crippen molar-refractivity contribution in [2.24, 2.45) is 5.92 Å². The minimum Gasteiger partial charge on any atom is -0.381 e. The van der Waals surface area contributed by atoms with Crippen molar-refractivity contribution in [2.75, 3.05) is 13.2 Å². The number of hydrogen-bond acceptors (Lipinski definition) is 4. The number of carbonyl (C=O) groups excluding carboxylic acids is 1. The molecule has 2 aromatic rings. The fourth-order valence-corrected chi connectivity index (χ4v) is 6.52. The van der Waals surface area contributed by atoms with Gasteiger partial charge in [0.15, 0.2) is 0 Å². The van der Waals surface area contributed by atoms with Crippen molar-refractivity contribution in [3.05, 3.63) is 41.1 Å². The Morgan fingerprint density at radius 2 is 1.84 bits per heavy atom. The van der Waals surface area contributed by atoms with Crippen molar-refractivity contribution >= 4 is 16.9 Å². The highest BCUT2D eigenvalue weighted by Crippen LogP contribution is 2.32. The number of hydrogen-bond donors (Lipinski definition) is 2. The predicted octanol–water partition coefficient (Wildman–Crippen LogP) is 5.24. The molecule has 1 amide bonds. The first-order chi connectivity index (χ1) is 17.7. The summed E-state index contributed by atoms with van der Waals surface area (Å²) >= 11 is 0. The van der Waals surface area contributed by atoms with Gasteiger partial charge >= 0.3 is 0 Å². The van der Waals surface area contributed by atoms with Crippen molar-refractivity contribution in [2.45, 2.75) is 95.7 Å². The summed E-state index contributed by atoms with van der Waals surface area (Å²) in [4.78, 5) is 13.8. The first kappa shape index (κ1) is 27.6. The van der Waals surface area contributed by atoms with E-state index in [-0.39, 0.29) is 17.5 Å². The minimum atomic E-state index is -1.50. The van der Waals surface area contributed by atoms with Crippen LogP contribution < -0.4 is 10.0 Å². The molecule has 1 aliphatic heterocycles. The lowest BCUT2D eigenvalue weighted by atomic mass is 9.89. The number of rotatable bonds is 7. The molecule has 4 rings (SSSR count). The number of nitriles is 1. The van der Waals surface area contributed by atoms with Crippen LogP contribution in [0.2, 0.25) is 0 Å². The number of nitrogens with one attached hydrogen (secondary N) is 2. The fourth-order valence-electron chi connectivity index (χ4n) is 5.35. The molecule has 1 saturated heterocycles. The zero-order valence-electron chi connectivity index (χ0n) is 22.6. The lowest BCUT2D eigenvalue weighted by molar-refractivity contribution is 0.0696. The Morgan fingerprint density at radius 1 is 1.14 bits per heavy atom. The number of nitrogens with zero attached hydrogens (tertiary/aromatic N) is 2. The van der Waals surface area contributed by atoms with E-state index < -0.39 is 11.0 Å². The maximum Gasteiger partial charge on any atom is 0.253 e. The Labute approximate surface area is 223 Å². The molecule has 2 aliphatic rings. The molecule has 1 aromatic heterocycles. The van der Waals surface area contributed by atoms with Crippen LogP contribution >= 0.6 is 0 Å². The molecule has 1 unspecified atom stereocenters. The molecule has 0 radical (unpaired) electrons. The molecular weight excluding hydrogens is 484 g/mol. The van der Waals surface area contributed by atoms with Crippen molar-refractivity contribution in [1.29, 1.82) is 5.26 Å². The van der Waals surface area contributed by atoms with Gasteiger partial charge < -0.3 is 14.6 Å². The molecular formula is C29H40N4O3S. The summed E-state index contributed by atoms with van der Waals surface area (Å²) in [6.45, 7) is 10.1. The van der Waals surface area contributed by atoms with Gasteiger partial charge in [-0.2, -0.15) is 5.26 Å². The highest BCUT2D eigenvalue weighted by atomic mass is 32.2. The molecule has 200 valence electrons. The molecule has 2 fully saturated rings. The average Bonchev–Trinajstić information content (AvgIpc) is 3.19. The summed E-state index contributed by atoms with van der Waals surface area (Å²) in [6.07, 6.45) is 7.83. The molecule has 7 nitrogen and oxygen atoms in total. The lowest BCUT2D eigenvalue weighted by Crippen LogP contribution is -2.39. The number of carbonyl (C=O) groups is 1. The van der Waals surface area contributed by atoms with Crippen LogP contribution in [-0.2, 0) is 22.3 Å². The van der Waals surface area contributed by atoms with Gasteiger partial charge in [0.25, 0.3) is 5.91 Å². The van der Waals surface area contributed by atoms with E-state index in [9.17, 15) is 14.3 Å². The minimum absolute atomic E-state index is 0.0550. The quantitative estimate of drug-likeness (QED) is 0.518. The van der Waals surface area contributed by atoms with Gasteiger partial charge in [-0.25, -0.2) is 8.93 Å². The van der Waals surface area contributed by atoms with Crippen molar-refractivity contribution < 1.29 is 13.7 Å². The van der Waals surface area contributed by atoms with E-state index in [0.717, 1.165) is 36.3 Å². The normalized spacial score (nSPS) is 18.4. The van der Waals surface area contributed by atoms with E-state index >= 15 is 0 Å². The Hall–Kier alpha value is -2.47. The Morgan fingerprint density at radius 3 is 2.49 bits per heavy atom. The maximum atomic E-state index is 13.4. The molecule has 8 heteroatoms. The van der Waals surface area contributed by atoms with Gasteiger partial charge in [-0.1, -0.05) is 25.3 Å². The van der Waals surface area contributed by atoms with Gasteiger partial charge in [-0.15, -0.1) is 0 Å². The number of benzene rings is 1. The van der Waals surface area contributed by atoms with Crippen molar-refractivity contribution in [3.8, 4) is 17.3 Å². The van der Waals surface area contributed by atoms with Crippen LogP contribution in [0.25, 0.3) is 11.3 Å². The van der Waals surface area contributed by atoms with Gasteiger partial charge in [-0.05, 0) is 83.1 Å². The first-order valence-corrected chi connectivity index (χ1v) is 14.6. The van der Waals surface area contributed by atoms with Crippen LogP contribution in [0.3, 0.4) is 0 Å². The molecule has 2 heterocycles. The third-order valence-electron chi connectivity index (χ3n) is 7.33. The molecule has 0 spiro atoms. The fraction of sp³-hybridized carbons (Fsp3) is 0.586. The van der Waals surface area contributed by atoms with Gasteiger partial charge in [-0.3, -0.25) is 4.79 Å². The summed E-state index contributed by atoms with van der Waals surface area (Å²) in [7, 11) is -1.50. The van der Waals surface area contributed by atoms with Crippen LogP contribution in [0.4, 0.5) is 0 Å². The van der Waals surface area contributed by atoms with Crippen LogP contribution in [0.1, 0.15) is 87.3 Å². The number of aromatic nitrogens is 1. The second-order valence-electron chi connectivity index (χ2n) is 11.4. The third-order valence-corrected chi connectivity index (χ3v) is 8.88. The van der Waals surface area contributed by atoms with E-state index in [2.05, 4.69) is 20.7 Å². The third kappa shape index (κ3) is 6.90. The monoisotopic (exact) mass is 524 g/mol. The highest BCUT2D eigenvalue weighted by Gasteiger charge is 2.25. The molecule has 1 saturated carbocycles. The summed E-state index contributed by atoms with van der Waals surface area (Å²) in [5.41, 5.74) is 3.44. The maximum absolute atomic E-state index is 13.4. The standard InChI is InChI=1S/C29H40N4O3S/c1-20-25(28(34)31-24-12-14-36-15-13-24)17-26(33(20)19-21-8-6-5-7-9-21)22-10-11-27(23(16-22)18-30)37(35)32-29(2,3)4/h10-11,16-17,21,24,32H,5-9,12-15,19H2,1-4H3,(H,31,34). The van der Waals surface area contributed by atoms with Gasteiger partial charge in [0.05, 0.1) is 16.0 Å². The van der Waals surface area contributed by atoms with Crippen LogP contribution in [0.5, 0.6) is 0 Å². The Bertz CT molecular complexity index is 1180. The van der Waals surface area contributed by atoms with Crippen molar-refractivity contribution in [1.82, 2.24) is 14.6 Å². The average molecular weight is 525 g/mol. The zero-order chi connectivity index (χ0) is 26.6. The van der Waals surface area contributed by atoms with E-state index in [1.807, 2.05) is 45.9 Å². The van der Waals surface area contributed by atoms with Gasteiger partial charge in [0.1, 0.15) is 17.1 Å². The van der Waals surface area contributed by atoms with E-state index in [1.165, 1.54) is 32.1 Å².